The van der Waals surface area contributed by atoms with Crippen molar-refractivity contribution in [3.05, 3.63) is 71.5 Å². The Morgan fingerprint density at radius 3 is 2.48 bits per heavy atom. The van der Waals surface area contributed by atoms with Gasteiger partial charge in [-0.3, -0.25) is 10.1 Å². The van der Waals surface area contributed by atoms with E-state index >= 15 is 0 Å². The van der Waals surface area contributed by atoms with Crippen LogP contribution in [0.15, 0.2) is 54.6 Å². The quantitative estimate of drug-likeness (QED) is 0.907. The van der Waals surface area contributed by atoms with Crippen molar-refractivity contribution in [2.75, 3.05) is 6.54 Å². The maximum Gasteiger partial charge on any atom is 0.237 e. The highest BCUT2D eigenvalue weighted by Crippen LogP contribution is 2.18. The van der Waals surface area contributed by atoms with Gasteiger partial charge in [-0.05, 0) is 29.7 Å². The van der Waals surface area contributed by atoms with E-state index in [1.165, 1.54) is 12.1 Å². The molecule has 0 unspecified atom stereocenters. The molecule has 0 spiro atoms. The van der Waals surface area contributed by atoms with Crippen LogP contribution in [-0.2, 0) is 11.2 Å². The van der Waals surface area contributed by atoms with Crippen molar-refractivity contribution in [3.8, 4) is 0 Å². The summed E-state index contributed by atoms with van der Waals surface area (Å²) in [6.07, 6.45) is 0.643. The number of piperazine rings is 1. The summed E-state index contributed by atoms with van der Waals surface area (Å²) < 4.78 is 13.0. The average Bonchev–Trinajstić information content (AvgIpc) is 2.51. The van der Waals surface area contributed by atoms with Gasteiger partial charge in [-0.15, -0.1) is 0 Å². The molecule has 2 aromatic carbocycles. The second-order valence-electron chi connectivity index (χ2n) is 5.26. The summed E-state index contributed by atoms with van der Waals surface area (Å²) >= 11 is 0. The van der Waals surface area contributed by atoms with Gasteiger partial charge in [-0.2, -0.15) is 0 Å². The first-order chi connectivity index (χ1) is 10.2. The molecule has 1 aliphatic rings. The van der Waals surface area contributed by atoms with Crippen LogP contribution >= 0.6 is 0 Å². The van der Waals surface area contributed by atoms with Crippen LogP contribution in [0.25, 0.3) is 0 Å². The smallest absolute Gasteiger partial charge is 0.237 e. The number of rotatable bonds is 3. The normalized spacial score (nSPS) is 21.9. The average molecular weight is 284 g/mol. The number of carbonyl (C=O) groups is 1. The monoisotopic (exact) mass is 284 g/mol. The lowest BCUT2D eigenvalue weighted by Crippen LogP contribution is -2.55. The Labute approximate surface area is 123 Å². The SMILES string of the molecule is O=C1NC[C@H](c2ccc(F)cc2)N[C@H]1Cc1ccccc1. The first kappa shape index (κ1) is 13.8. The molecule has 2 aromatic rings. The number of hydrogen-bond acceptors (Lipinski definition) is 2. The van der Waals surface area contributed by atoms with Gasteiger partial charge in [0.25, 0.3) is 0 Å². The molecule has 0 saturated carbocycles. The van der Waals surface area contributed by atoms with E-state index in [0.29, 0.717) is 13.0 Å². The summed E-state index contributed by atoms with van der Waals surface area (Å²) in [5.74, 6) is -0.239. The summed E-state index contributed by atoms with van der Waals surface area (Å²) in [5, 5.41) is 6.27. The van der Waals surface area contributed by atoms with Gasteiger partial charge in [0, 0.05) is 6.54 Å². The summed E-state index contributed by atoms with van der Waals surface area (Å²) in [6.45, 7) is 0.524. The third-order valence-corrected chi connectivity index (χ3v) is 3.75. The second-order valence-corrected chi connectivity index (χ2v) is 5.26. The largest absolute Gasteiger partial charge is 0.353 e. The van der Waals surface area contributed by atoms with E-state index in [1.807, 2.05) is 30.3 Å². The molecule has 2 N–H and O–H groups in total. The van der Waals surface area contributed by atoms with Crippen molar-refractivity contribution < 1.29 is 9.18 Å². The van der Waals surface area contributed by atoms with Gasteiger partial charge in [0.2, 0.25) is 5.91 Å². The fourth-order valence-corrected chi connectivity index (χ4v) is 2.61. The summed E-state index contributed by atoms with van der Waals surface area (Å²) in [4.78, 5) is 12.0. The van der Waals surface area contributed by atoms with E-state index in [4.69, 9.17) is 0 Å². The third-order valence-electron chi connectivity index (χ3n) is 3.75. The molecule has 0 radical (unpaired) electrons. The molecule has 1 aliphatic heterocycles. The van der Waals surface area contributed by atoms with Crippen LogP contribution in [0.4, 0.5) is 4.39 Å². The number of amides is 1. The highest BCUT2D eigenvalue weighted by Gasteiger charge is 2.28. The maximum absolute atomic E-state index is 13.0. The Morgan fingerprint density at radius 1 is 1.05 bits per heavy atom. The third kappa shape index (κ3) is 3.28. The molecule has 1 amide bonds. The predicted octanol–water partition coefficient (Wildman–Crippen LogP) is 2.20. The van der Waals surface area contributed by atoms with Crippen LogP contribution in [-0.4, -0.2) is 18.5 Å². The Balaban J connectivity index is 1.72. The molecule has 0 aromatic heterocycles. The summed E-state index contributed by atoms with van der Waals surface area (Å²) in [7, 11) is 0. The highest BCUT2D eigenvalue weighted by molar-refractivity contribution is 5.83. The van der Waals surface area contributed by atoms with Gasteiger partial charge >= 0.3 is 0 Å². The zero-order valence-electron chi connectivity index (χ0n) is 11.6. The van der Waals surface area contributed by atoms with Gasteiger partial charge in [0.15, 0.2) is 0 Å². The van der Waals surface area contributed by atoms with Gasteiger partial charge in [0.1, 0.15) is 5.82 Å². The molecule has 4 heteroatoms. The van der Waals surface area contributed by atoms with Crippen LogP contribution in [0, 0.1) is 5.82 Å². The standard InChI is InChI=1S/C17H17FN2O/c18-14-8-6-13(7-9-14)16-11-19-17(21)15(20-16)10-12-4-2-1-3-5-12/h1-9,15-16,20H,10-11H2,(H,19,21)/t15-,16+/m0/s1. The molecule has 3 rings (SSSR count). The number of nitrogens with one attached hydrogen (secondary N) is 2. The zero-order chi connectivity index (χ0) is 14.7. The van der Waals surface area contributed by atoms with Crippen molar-refractivity contribution in [1.82, 2.24) is 10.6 Å². The summed E-state index contributed by atoms with van der Waals surface area (Å²) in [5.41, 5.74) is 2.10. The van der Waals surface area contributed by atoms with Gasteiger partial charge in [0.05, 0.1) is 12.1 Å². The number of halogens is 1. The topological polar surface area (TPSA) is 41.1 Å². The molecular formula is C17H17FN2O. The van der Waals surface area contributed by atoms with Gasteiger partial charge < -0.3 is 5.32 Å². The Kier molecular flexibility index (Phi) is 3.97. The van der Waals surface area contributed by atoms with Crippen molar-refractivity contribution >= 4 is 5.91 Å². The molecule has 0 aliphatic carbocycles. The molecule has 21 heavy (non-hydrogen) atoms. The zero-order valence-corrected chi connectivity index (χ0v) is 11.6. The van der Waals surface area contributed by atoms with Crippen molar-refractivity contribution in [3.63, 3.8) is 0 Å². The van der Waals surface area contributed by atoms with E-state index in [0.717, 1.165) is 11.1 Å². The minimum Gasteiger partial charge on any atom is -0.353 e. The van der Waals surface area contributed by atoms with E-state index in [9.17, 15) is 9.18 Å². The molecule has 1 saturated heterocycles. The summed E-state index contributed by atoms with van der Waals surface area (Å²) in [6, 6.07) is 16.0. The van der Waals surface area contributed by atoms with Crippen LogP contribution in [0.5, 0.6) is 0 Å². The van der Waals surface area contributed by atoms with E-state index < -0.39 is 0 Å². The van der Waals surface area contributed by atoms with Crippen molar-refractivity contribution in [2.24, 2.45) is 0 Å². The van der Waals surface area contributed by atoms with Crippen molar-refractivity contribution in [2.45, 2.75) is 18.5 Å². The minimum atomic E-state index is -0.267. The van der Waals surface area contributed by atoms with Crippen LogP contribution < -0.4 is 10.6 Å². The lowest BCUT2D eigenvalue weighted by Gasteiger charge is -2.31. The first-order valence-corrected chi connectivity index (χ1v) is 7.05. The second kappa shape index (κ2) is 6.06. The van der Waals surface area contributed by atoms with E-state index in [-0.39, 0.29) is 23.8 Å². The van der Waals surface area contributed by atoms with Crippen LogP contribution in [0.2, 0.25) is 0 Å². The Hall–Kier alpha value is -2.20. The maximum atomic E-state index is 13.0. The van der Waals surface area contributed by atoms with Gasteiger partial charge in [-0.1, -0.05) is 42.5 Å². The fraction of sp³-hybridized carbons (Fsp3) is 0.235. The first-order valence-electron chi connectivity index (χ1n) is 7.05. The predicted molar refractivity (Wildman–Crippen MR) is 79.2 cm³/mol. The Bertz CT molecular complexity index is 612. The molecular weight excluding hydrogens is 267 g/mol. The van der Waals surface area contributed by atoms with Crippen LogP contribution in [0.3, 0.4) is 0 Å². The molecule has 1 fully saturated rings. The number of benzene rings is 2. The molecule has 0 bridgehead atoms. The Morgan fingerprint density at radius 2 is 1.76 bits per heavy atom. The minimum absolute atomic E-state index is 0.0111. The molecule has 1 heterocycles. The lowest BCUT2D eigenvalue weighted by atomic mass is 9.98. The number of carbonyl (C=O) groups excluding carboxylic acids is 1. The van der Waals surface area contributed by atoms with E-state index in [2.05, 4.69) is 10.6 Å². The van der Waals surface area contributed by atoms with Gasteiger partial charge in [-0.25, -0.2) is 4.39 Å². The highest BCUT2D eigenvalue weighted by atomic mass is 19.1. The van der Waals surface area contributed by atoms with E-state index in [1.54, 1.807) is 12.1 Å². The molecule has 2 atom stereocenters. The van der Waals surface area contributed by atoms with Crippen molar-refractivity contribution in [1.29, 1.82) is 0 Å². The fourth-order valence-electron chi connectivity index (χ4n) is 2.61. The molecule has 108 valence electrons. The molecule has 3 nitrogen and oxygen atoms in total. The van der Waals surface area contributed by atoms with Crippen LogP contribution in [0.1, 0.15) is 17.2 Å². The number of hydrogen-bond donors (Lipinski definition) is 2. The lowest BCUT2D eigenvalue weighted by molar-refractivity contribution is -0.125.